The van der Waals surface area contributed by atoms with Crippen molar-refractivity contribution in [2.75, 3.05) is 18.0 Å². The zero-order chi connectivity index (χ0) is 18.8. The van der Waals surface area contributed by atoms with Crippen LogP contribution in [0.2, 0.25) is 0 Å². The molecule has 2 aromatic rings. The Balaban J connectivity index is 1.92. The highest BCUT2D eigenvalue weighted by molar-refractivity contribution is 5.85. The molecule has 2 rings (SSSR count). The summed E-state index contributed by atoms with van der Waals surface area (Å²) in [5, 5.41) is 13.9. The summed E-state index contributed by atoms with van der Waals surface area (Å²) >= 11 is 0. The fourth-order valence-electron chi connectivity index (χ4n) is 2.70. The molecule has 0 aromatic heterocycles. The van der Waals surface area contributed by atoms with Gasteiger partial charge in [-0.1, -0.05) is 56.3 Å². The summed E-state index contributed by atoms with van der Waals surface area (Å²) in [6, 6.07) is 16.8. The molecule has 0 aliphatic carbocycles. The van der Waals surface area contributed by atoms with Crippen LogP contribution in [0, 0.1) is 0 Å². The molecule has 0 bridgehead atoms. The molecule has 5 nitrogen and oxygen atoms in total. The molecule has 26 heavy (non-hydrogen) atoms. The number of hydrogen-bond acceptors (Lipinski definition) is 4. The molecule has 0 saturated carbocycles. The summed E-state index contributed by atoms with van der Waals surface area (Å²) < 4.78 is 0. The predicted molar refractivity (Wildman–Crippen MR) is 106 cm³/mol. The van der Waals surface area contributed by atoms with Crippen LogP contribution in [0.4, 0.5) is 5.69 Å². The van der Waals surface area contributed by atoms with Crippen LogP contribution in [0.5, 0.6) is 0 Å². The van der Waals surface area contributed by atoms with Crippen molar-refractivity contribution in [3.63, 3.8) is 0 Å². The Morgan fingerprint density at radius 2 is 1.69 bits per heavy atom. The number of carbonyl (C=O) groups is 1. The third-order valence-corrected chi connectivity index (χ3v) is 4.00. The molecule has 0 fully saturated rings. The van der Waals surface area contributed by atoms with Gasteiger partial charge < -0.3 is 10.0 Å². The van der Waals surface area contributed by atoms with Gasteiger partial charge in [-0.2, -0.15) is 5.10 Å². The van der Waals surface area contributed by atoms with Crippen molar-refractivity contribution < 1.29 is 9.90 Å². The lowest BCUT2D eigenvalue weighted by molar-refractivity contribution is -0.129. The molecule has 0 unspecified atom stereocenters. The van der Waals surface area contributed by atoms with Gasteiger partial charge in [-0.15, -0.1) is 0 Å². The summed E-state index contributed by atoms with van der Waals surface area (Å²) in [4.78, 5) is 14.3. The zero-order valence-corrected chi connectivity index (χ0v) is 15.4. The van der Waals surface area contributed by atoms with Gasteiger partial charge >= 0.3 is 0 Å². The van der Waals surface area contributed by atoms with Crippen LogP contribution < -0.4 is 10.3 Å². The topological polar surface area (TPSA) is 64.9 Å². The van der Waals surface area contributed by atoms with E-state index in [1.165, 1.54) is 5.69 Å². The van der Waals surface area contributed by atoms with Gasteiger partial charge in [-0.05, 0) is 36.1 Å². The lowest BCUT2D eigenvalue weighted by Gasteiger charge is -2.23. The normalized spacial score (nSPS) is 12.1. The number of hydrazone groups is 1. The van der Waals surface area contributed by atoms with Gasteiger partial charge in [-0.25, -0.2) is 5.43 Å². The lowest BCUT2D eigenvalue weighted by Crippen LogP contribution is -2.25. The monoisotopic (exact) mass is 353 g/mol. The standard InChI is InChI=1S/C21H27N3O2/c1-3-14-24(15-4-2)19-12-10-17(11-13-19)16-22-23-21(26)20(25)18-8-6-5-7-9-18/h5-13,16,20,25H,3-4,14-15H2,1-2H3,(H,23,26)/t20-/m0/s1. The van der Waals surface area contributed by atoms with E-state index in [1.54, 1.807) is 30.5 Å². The summed E-state index contributed by atoms with van der Waals surface area (Å²) in [5.74, 6) is -0.555. The van der Waals surface area contributed by atoms with Crippen LogP contribution >= 0.6 is 0 Å². The number of amides is 1. The van der Waals surface area contributed by atoms with Crippen LogP contribution in [0.1, 0.15) is 43.9 Å². The molecule has 0 heterocycles. The second-order valence-corrected chi connectivity index (χ2v) is 6.13. The number of aliphatic hydroxyl groups is 1. The predicted octanol–water partition coefficient (Wildman–Crippen LogP) is 3.50. The number of aliphatic hydroxyl groups excluding tert-OH is 1. The van der Waals surface area contributed by atoms with E-state index in [2.05, 4.69) is 41.4 Å². The van der Waals surface area contributed by atoms with Crippen LogP contribution in [-0.2, 0) is 4.79 Å². The minimum absolute atomic E-state index is 0.538. The SMILES string of the molecule is CCCN(CCC)c1ccc(C=NNC(=O)[C@@H](O)c2ccccc2)cc1. The number of anilines is 1. The molecule has 0 aliphatic rings. The minimum atomic E-state index is -1.23. The third-order valence-electron chi connectivity index (χ3n) is 4.00. The molecule has 1 atom stereocenters. The number of rotatable bonds is 9. The summed E-state index contributed by atoms with van der Waals surface area (Å²) in [6.07, 6.45) is 2.56. The molecule has 5 heteroatoms. The van der Waals surface area contributed by atoms with E-state index in [4.69, 9.17) is 0 Å². The first-order valence-corrected chi connectivity index (χ1v) is 9.06. The highest BCUT2D eigenvalue weighted by Gasteiger charge is 2.15. The molecule has 2 aromatic carbocycles. The lowest BCUT2D eigenvalue weighted by atomic mass is 10.1. The second-order valence-electron chi connectivity index (χ2n) is 6.13. The van der Waals surface area contributed by atoms with Crippen LogP contribution in [0.25, 0.3) is 0 Å². The first-order valence-electron chi connectivity index (χ1n) is 9.06. The van der Waals surface area contributed by atoms with Crippen LogP contribution in [0.3, 0.4) is 0 Å². The maximum atomic E-state index is 11.9. The number of nitrogens with one attached hydrogen (secondary N) is 1. The second kappa shape index (κ2) is 10.4. The number of nitrogens with zero attached hydrogens (tertiary/aromatic N) is 2. The van der Waals surface area contributed by atoms with Crippen molar-refractivity contribution in [3.05, 3.63) is 65.7 Å². The van der Waals surface area contributed by atoms with Gasteiger partial charge in [0.1, 0.15) is 0 Å². The van der Waals surface area contributed by atoms with Gasteiger partial charge in [0.25, 0.3) is 5.91 Å². The Kier molecular flexibility index (Phi) is 7.83. The van der Waals surface area contributed by atoms with E-state index >= 15 is 0 Å². The molecule has 0 spiro atoms. The molecular weight excluding hydrogens is 326 g/mol. The van der Waals surface area contributed by atoms with Crippen molar-refractivity contribution in [1.82, 2.24) is 5.43 Å². The van der Waals surface area contributed by atoms with Gasteiger partial charge in [-0.3, -0.25) is 4.79 Å². The quantitative estimate of drug-likeness (QED) is 0.536. The van der Waals surface area contributed by atoms with E-state index in [1.807, 2.05) is 18.2 Å². The Morgan fingerprint density at radius 1 is 1.08 bits per heavy atom. The Morgan fingerprint density at radius 3 is 2.27 bits per heavy atom. The average Bonchev–Trinajstić information content (AvgIpc) is 2.68. The van der Waals surface area contributed by atoms with E-state index in [9.17, 15) is 9.90 Å². The summed E-state index contributed by atoms with van der Waals surface area (Å²) in [5.41, 5.74) is 4.99. The van der Waals surface area contributed by atoms with Crippen molar-refractivity contribution >= 4 is 17.8 Å². The summed E-state index contributed by atoms with van der Waals surface area (Å²) in [7, 11) is 0. The van der Waals surface area contributed by atoms with Gasteiger partial charge in [0.15, 0.2) is 6.10 Å². The number of carbonyl (C=O) groups excluding carboxylic acids is 1. The van der Waals surface area contributed by atoms with Crippen molar-refractivity contribution in [3.8, 4) is 0 Å². The first kappa shape index (κ1) is 19.7. The Labute approximate surface area is 155 Å². The van der Waals surface area contributed by atoms with Crippen LogP contribution in [0.15, 0.2) is 59.7 Å². The van der Waals surface area contributed by atoms with Gasteiger partial charge in [0, 0.05) is 18.8 Å². The highest BCUT2D eigenvalue weighted by Crippen LogP contribution is 2.16. The fraction of sp³-hybridized carbons (Fsp3) is 0.333. The molecule has 0 saturated heterocycles. The molecule has 1 amide bonds. The van der Waals surface area contributed by atoms with Crippen molar-refractivity contribution in [2.45, 2.75) is 32.8 Å². The average molecular weight is 353 g/mol. The van der Waals surface area contributed by atoms with Crippen LogP contribution in [-0.4, -0.2) is 30.3 Å². The van der Waals surface area contributed by atoms with E-state index in [-0.39, 0.29) is 0 Å². The fourth-order valence-corrected chi connectivity index (χ4v) is 2.70. The molecule has 2 N–H and O–H groups in total. The van der Waals surface area contributed by atoms with Crippen molar-refractivity contribution in [1.29, 1.82) is 0 Å². The first-order chi connectivity index (χ1) is 12.7. The maximum absolute atomic E-state index is 11.9. The Hall–Kier alpha value is -2.66. The van der Waals surface area contributed by atoms with Gasteiger partial charge in [0.05, 0.1) is 6.21 Å². The number of benzene rings is 2. The minimum Gasteiger partial charge on any atom is -0.378 e. The van der Waals surface area contributed by atoms with E-state index in [0.29, 0.717) is 5.56 Å². The molecular formula is C21H27N3O2. The third kappa shape index (κ3) is 5.70. The number of hydrogen-bond donors (Lipinski definition) is 2. The van der Waals surface area contributed by atoms with Gasteiger partial charge in [0.2, 0.25) is 0 Å². The Bertz CT molecular complexity index is 693. The van der Waals surface area contributed by atoms with Crippen molar-refractivity contribution in [2.24, 2.45) is 5.10 Å². The zero-order valence-electron chi connectivity index (χ0n) is 15.4. The van der Waals surface area contributed by atoms with E-state index < -0.39 is 12.0 Å². The maximum Gasteiger partial charge on any atom is 0.273 e. The molecule has 0 radical (unpaired) electrons. The smallest absolute Gasteiger partial charge is 0.273 e. The summed E-state index contributed by atoms with van der Waals surface area (Å²) in [6.45, 7) is 6.43. The molecule has 0 aliphatic heterocycles. The largest absolute Gasteiger partial charge is 0.378 e. The van der Waals surface area contributed by atoms with E-state index in [0.717, 1.165) is 31.5 Å². The highest BCUT2D eigenvalue weighted by atomic mass is 16.3. The molecule has 138 valence electrons.